The number of hydrogen-bond donors (Lipinski definition) is 2. The third-order valence-corrected chi connectivity index (χ3v) is 5.03. The van der Waals surface area contributed by atoms with Crippen molar-refractivity contribution in [2.75, 3.05) is 13.1 Å². The number of alkyl halides is 6. The predicted octanol–water partition coefficient (Wildman–Crippen LogP) is 2.64. The number of halogens is 6. The second-order valence-corrected chi connectivity index (χ2v) is 7.70. The van der Waals surface area contributed by atoms with Crippen molar-refractivity contribution in [3.63, 3.8) is 0 Å². The minimum Gasteiger partial charge on any atom is -0.465 e. The molecule has 0 spiro atoms. The van der Waals surface area contributed by atoms with Gasteiger partial charge in [-0.1, -0.05) is 0 Å². The maximum absolute atomic E-state index is 13.1. The van der Waals surface area contributed by atoms with E-state index in [1.807, 2.05) is 0 Å². The molecule has 37 heavy (non-hydrogen) atoms. The van der Waals surface area contributed by atoms with Crippen LogP contribution in [0.15, 0.2) is 37.2 Å². The average Bonchev–Trinajstić information content (AvgIpc) is 3.27. The van der Waals surface area contributed by atoms with Gasteiger partial charge in [0.1, 0.15) is 24.0 Å². The number of pyridine rings is 1. The average molecular weight is 528 g/mol. The van der Waals surface area contributed by atoms with E-state index in [1.165, 1.54) is 23.6 Å². The molecule has 1 saturated heterocycles. The molecule has 0 saturated carbocycles. The molecule has 0 bridgehead atoms. The van der Waals surface area contributed by atoms with Crippen LogP contribution in [0.5, 0.6) is 0 Å². The normalized spacial score (nSPS) is 14.9. The summed E-state index contributed by atoms with van der Waals surface area (Å²) in [4.78, 5) is 39.2. The molecule has 0 atom stereocenters. The van der Waals surface area contributed by atoms with Crippen LogP contribution in [0, 0.1) is 0 Å². The molecule has 4 heterocycles. The fourth-order valence-electron chi connectivity index (χ4n) is 3.32. The van der Waals surface area contributed by atoms with Gasteiger partial charge in [-0.15, -0.1) is 5.10 Å². The zero-order valence-electron chi connectivity index (χ0n) is 18.2. The van der Waals surface area contributed by atoms with Crippen molar-refractivity contribution in [3.05, 3.63) is 54.1 Å². The van der Waals surface area contributed by atoms with Crippen molar-refractivity contribution in [1.82, 2.24) is 39.9 Å². The smallest absolute Gasteiger partial charge is 0.433 e. The molecule has 0 aromatic carbocycles. The van der Waals surface area contributed by atoms with E-state index in [4.69, 9.17) is 5.11 Å². The number of rotatable bonds is 5. The SMILES string of the molecule is O=C(O)NC1CN(C(=O)C(=Cn2cnc(-c3cc(C(F)(F)F)nc(C(F)(F)F)c3)n2)c2cncnc2)C1. The third-order valence-electron chi connectivity index (χ3n) is 5.03. The minimum absolute atomic E-state index is 0.0347. The highest BCUT2D eigenvalue weighted by Gasteiger charge is 2.39. The number of carboxylic acid groups (broad SMARTS) is 1. The Balaban J connectivity index is 1.68. The lowest BCUT2D eigenvalue weighted by molar-refractivity contribution is -0.150. The van der Waals surface area contributed by atoms with Gasteiger partial charge in [-0.05, 0) is 12.1 Å². The summed E-state index contributed by atoms with van der Waals surface area (Å²) in [7, 11) is 0. The summed E-state index contributed by atoms with van der Waals surface area (Å²) in [6, 6.07) is 0.279. The van der Waals surface area contributed by atoms with Crippen molar-refractivity contribution >= 4 is 23.8 Å². The molecule has 11 nitrogen and oxygen atoms in total. The van der Waals surface area contributed by atoms with Crippen molar-refractivity contribution in [1.29, 1.82) is 0 Å². The number of hydrogen-bond acceptors (Lipinski definition) is 7. The molecule has 2 amide bonds. The monoisotopic (exact) mass is 528 g/mol. The van der Waals surface area contributed by atoms with Gasteiger partial charge in [0, 0.05) is 42.8 Å². The lowest BCUT2D eigenvalue weighted by Gasteiger charge is -2.39. The summed E-state index contributed by atoms with van der Waals surface area (Å²) in [5, 5.41) is 14.9. The zero-order chi connectivity index (χ0) is 27.0. The lowest BCUT2D eigenvalue weighted by atomic mass is 10.0. The number of amides is 2. The number of aromatic nitrogens is 6. The molecular formula is C20H14F6N8O3. The van der Waals surface area contributed by atoms with E-state index in [9.17, 15) is 35.9 Å². The topological polar surface area (TPSA) is 139 Å². The molecule has 2 N–H and O–H groups in total. The van der Waals surface area contributed by atoms with E-state index >= 15 is 0 Å². The van der Waals surface area contributed by atoms with E-state index in [0.29, 0.717) is 12.1 Å². The Morgan fingerprint density at radius 1 is 1.03 bits per heavy atom. The fraction of sp³-hybridized carbons (Fsp3) is 0.250. The molecular weight excluding hydrogens is 514 g/mol. The van der Waals surface area contributed by atoms with Crippen molar-refractivity contribution in [3.8, 4) is 11.4 Å². The van der Waals surface area contributed by atoms with Gasteiger partial charge in [-0.25, -0.2) is 29.4 Å². The van der Waals surface area contributed by atoms with Gasteiger partial charge in [-0.3, -0.25) is 4.79 Å². The van der Waals surface area contributed by atoms with E-state index in [1.54, 1.807) is 0 Å². The Bertz CT molecular complexity index is 1320. The third kappa shape index (κ3) is 5.81. The Hall–Kier alpha value is -4.57. The van der Waals surface area contributed by atoms with Crippen LogP contribution in [0.25, 0.3) is 23.2 Å². The van der Waals surface area contributed by atoms with Crippen molar-refractivity contribution < 1.29 is 41.0 Å². The summed E-state index contributed by atoms with van der Waals surface area (Å²) < 4.78 is 79.8. The molecule has 3 aromatic rings. The largest absolute Gasteiger partial charge is 0.465 e. The van der Waals surface area contributed by atoms with Gasteiger partial charge in [0.25, 0.3) is 5.91 Å². The van der Waals surface area contributed by atoms with Crippen LogP contribution >= 0.6 is 0 Å². The molecule has 194 valence electrons. The molecule has 1 fully saturated rings. The first-order valence-corrected chi connectivity index (χ1v) is 10.1. The van der Waals surface area contributed by atoms with Gasteiger partial charge in [-0.2, -0.15) is 26.3 Å². The van der Waals surface area contributed by atoms with Crippen LogP contribution < -0.4 is 5.32 Å². The highest BCUT2D eigenvalue weighted by Crippen LogP contribution is 2.35. The van der Waals surface area contributed by atoms with E-state index in [-0.39, 0.29) is 24.2 Å². The van der Waals surface area contributed by atoms with E-state index in [2.05, 4.69) is 30.4 Å². The van der Waals surface area contributed by atoms with Crippen LogP contribution in [-0.2, 0) is 17.1 Å². The van der Waals surface area contributed by atoms with Gasteiger partial charge in [0.2, 0.25) is 0 Å². The first-order chi connectivity index (χ1) is 17.3. The van der Waals surface area contributed by atoms with Crippen LogP contribution in [-0.4, -0.2) is 70.9 Å². The number of likely N-dealkylation sites (tertiary alicyclic amines) is 1. The minimum atomic E-state index is -5.16. The maximum Gasteiger partial charge on any atom is 0.433 e. The Morgan fingerprint density at radius 2 is 1.62 bits per heavy atom. The van der Waals surface area contributed by atoms with Gasteiger partial charge in [0.05, 0.1) is 11.6 Å². The molecule has 0 unspecified atom stereocenters. The number of carbonyl (C=O) groups is 2. The Labute approximate surface area is 202 Å². The first kappa shape index (κ1) is 25.5. The highest BCUT2D eigenvalue weighted by atomic mass is 19.4. The zero-order valence-corrected chi connectivity index (χ0v) is 18.2. The summed E-state index contributed by atoms with van der Waals surface area (Å²) >= 11 is 0. The Morgan fingerprint density at radius 3 is 2.16 bits per heavy atom. The van der Waals surface area contributed by atoms with Crippen LogP contribution in [0.2, 0.25) is 0 Å². The van der Waals surface area contributed by atoms with Crippen molar-refractivity contribution in [2.45, 2.75) is 18.4 Å². The molecule has 4 rings (SSSR count). The van der Waals surface area contributed by atoms with E-state index in [0.717, 1.165) is 17.2 Å². The van der Waals surface area contributed by atoms with Crippen LogP contribution in [0.3, 0.4) is 0 Å². The van der Waals surface area contributed by atoms with E-state index < -0.39 is 53.2 Å². The van der Waals surface area contributed by atoms with Gasteiger partial charge in [0.15, 0.2) is 5.82 Å². The molecule has 17 heteroatoms. The summed E-state index contributed by atoms with van der Waals surface area (Å²) in [6.45, 7) is 0.131. The summed E-state index contributed by atoms with van der Waals surface area (Å²) in [6.07, 6.45) is -5.63. The summed E-state index contributed by atoms with van der Waals surface area (Å²) in [5.41, 5.74) is -3.95. The quantitative estimate of drug-likeness (QED) is 0.381. The number of carbonyl (C=O) groups excluding carboxylic acids is 1. The molecule has 3 aromatic heterocycles. The Kier molecular flexibility index (Phi) is 6.53. The molecule has 1 aliphatic heterocycles. The van der Waals surface area contributed by atoms with Crippen LogP contribution in [0.1, 0.15) is 17.0 Å². The predicted molar refractivity (Wildman–Crippen MR) is 111 cm³/mol. The second-order valence-electron chi connectivity index (χ2n) is 7.70. The molecule has 0 aliphatic carbocycles. The lowest BCUT2D eigenvalue weighted by Crippen LogP contribution is -2.60. The summed E-state index contributed by atoms with van der Waals surface area (Å²) in [5.74, 6) is -1.06. The maximum atomic E-state index is 13.1. The molecule has 1 aliphatic rings. The molecule has 0 radical (unpaired) electrons. The van der Waals surface area contributed by atoms with Gasteiger partial charge < -0.3 is 15.3 Å². The van der Waals surface area contributed by atoms with Crippen LogP contribution in [0.4, 0.5) is 31.1 Å². The fourth-order valence-corrected chi connectivity index (χ4v) is 3.32. The number of nitrogens with one attached hydrogen (secondary N) is 1. The first-order valence-electron chi connectivity index (χ1n) is 10.1. The van der Waals surface area contributed by atoms with Gasteiger partial charge >= 0.3 is 18.4 Å². The number of nitrogens with zero attached hydrogens (tertiary/aromatic N) is 7. The highest BCUT2D eigenvalue weighted by molar-refractivity contribution is 6.23. The van der Waals surface area contributed by atoms with Crippen molar-refractivity contribution in [2.24, 2.45) is 0 Å². The second kappa shape index (κ2) is 9.47. The standard InChI is InChI=1S/C20H14F6N8O3/c21-19(22,23)14-1-10(2-15(31-14)20(24,25)26)16-29-9-34(32-16)7-13(11-3-27-8-28-4-11)17(35)33-5-12(6-33)30-18(36)37/h1-4,7-9,12,30H,5-6H2,(H,36,37).